The number of thioether (sulfide) groups is 1. The highest BCUT2D eigenvalue weighted by atomic mass is 32.2. The first kappa shape index (κ1) is 27.1. The van der Waals surface area contributed by atoms with Crippen LogP contribution in [-0.4, -0.2) is 52.5 Å². The Bertz CT molecular complexity index is 1460. The molecule has 4 aromatic rings. The number of anilines is 1. The standard InChI is InChI=1S/C32H37N3O3S/c1-31(2,3)38-30(36)35-16-14-34(15-17-35)25-12-10-22(11-13-25)24-19-28-29(33-20-24)27(21-37-28)23-8-7-9-26(18-23)39-32(4,5)6/h7-13,18-21H,14-17H2,1-6H3. The van der Waals surface area contributed by atoms with Crippen LogP contribution in [0.4, 0.5) is 10.5 Å². The summed E-state index contributed by atoms with van der Waals surface area (Å²) in [6.07, 6.45) is 3.49. The van der Waals surface area contributed by atoms with Gasteiger partial charge in [-0.05, 0) is 62.2 Å². The lowest BCUT2D eigenvalue weighted by Gasteiger charge is -2.36. The molecule has 6 nitrogen and oxygen atoms in total. The Hall–Kier alpha value is -3.45. The molecule has 1 aliphatic rings. The van der Waals surface area contributed by atoms with E-state index in [0.29, 0.717) is 13.1 Å². The van der Waals surface area contributed by atoms with Gasteiger partial charge in [-0.15, -0.1) is 11.8 Å². The zero-order valence-electron chi connectivity index (χ0n) is 23.7. The van der Waals surface area contributed by atoms with E-state index < -0.39 is 5.60 Å². The quantitative estimate of drug-likeness (QED) is 0.242. The van der Waals surface area contributed by atoms with Crippen LogP contribution >= 0.6 is 11.8 Å². The number of carbonyl (C=O) groups excluding carboxylic acids is 1. The number of ether oxygens (including phenoxy) is 1. The van der Waals surface area contributed by atoms with Crippen LogP contribution in [0.5, 0.6) is 0 Å². The zero-order chi connectivity index (χ0) is 27.8. The van der Waals surface area contributed by atoms with Crippen molar-refractivity contribution in [3.05, 3.63) is 67.1 Å². The Kier molecular flexibility index (Phi) is 7.38. The lowest BCUT2D eigenvalue weighted by molar-refractivity contribution is 0.0240. The maximum atomic E-state index is 12.4. The topological polar surface area (TPSA) is 58.8 Å². The number of benzene rings is 2. The Morgan fingerprint density at radius 3 is 2.28 bits per heavy atom. The molecular formula is C32H37N3O3S. The van der Waals surface area contributed by atoms with Crippen molar-refractivity contribution in [3.63, 3.8) is 0 Å². The summed E-state index contributed by atoms with van der Waals surface area (Å²) in [7, 11) is 0. The fourth-order valence-corrected chi connectivity index (χ4v) is 5.74. The Morgan fingerprint density at radius 1 is 0.897 bits per heavy atom. The van der Waals surface area contributed by atoms with E-state index in [-0.39, 0.29) is 10.8 Å². The molecule has 0 radical (unpaired) electrons. The maximum absolute atomic E-state index is 12.4. The highest BCUT2D eigenvalue weighted by Crippen LogP contribution is 2.37. The molecule has 0 unspecified atom stereocenters. The van der Waals surface area contributed by atoms with E-state index in [4.69, 9.17) is 14.1 Å². The summed E-state index contributed by atoms with van der Waals surface area (Å²) in [6, 6.07) is 19.1. The monoisotopic (exact) mass is 543 g/mol. The molecule has 204 valence electrons. The first-order chi connectivity index (χ1) is 18.4. The van der Waals surface area contributed by atoms with Gasteiger partial charge in [-0.3, -0.25) is 4.98 Å². The Labute approximate surface area is 235 Å². The van der Waals surface area contributed by atoms with Crippen LogP contribution in [0.25, 0.3) is 33.4 Å². The van der Waals surface area contributed by atoms with Gasteiger partial charge >= 0.3 is 6.09 Å². The molecule has 5 rings (SSSR count). The molecule has 1 aliphatic heterocycles. The second kappa shape index (κ2) is 10.6. The summed E-state index contributed by atoms with van der Waals surface area (Å²) >= 11 is 1.85. The van der Waals surface area contributed by atoms with Crippen LogP contribution in [0.3, 0.4) is 0 Å². The number of carbonyl (C=O) groups is 1. The van der Waals surface area contributed by atoms with Gasteiger partial charge in [-0.25, -0.2) is 4.79 Å². The van der Waals surface area contributed by atoms with E-state index in [1.54, 1.807) is 4.90 Å². The van der Waals surface area contributed by atoms with Crippen molar-refractivity contribution in [2.75, 3.05) is 31.1 Å². The minimum absolute atomic E-state index is 0.147. The highest BCUT2D eigenvalue weighted by molar-refractivity contribution is 8.00. The summed E-state index contributed by atoms with van der Waals surface area (Å²) in [5, 5.41) is 0. The molecule has 1 amide bonds. The lowest BCUT2D eigenvalue weighted by atomic mass is 10.0. The molecule has 0 atom stereocenters. The third-order valence-corrected chi connectivity index (χ3v) is 7.58. The number of aromatic nitrogens is 1. The molecule has 0 saturated carbocycles. The summed E-state index contributed by atoms with van der Waals surface area (Å²) < 4.78 is 11.6. The summed E-state index contributed by atoms with van der Waals surface area (Å²) in [5.41, 5.74) is 6.53. The second-order valence-electron chi connectivity index (χ2n) is 12.0. The van der Waals surface area contributed by atoms with Gasteiger partial charge in [-0.2, -0.15) is 0 Å². The summed E-state index contributed by atoms with van der Waals surface area (Å²) in [4.78, 5) is 22.5. The minimum atomic E-state index is -0.477. The van der Waals surface area contributed by atoms with Crippen LogP contribution in [0.2, 0.25) is 0 Å². The molecule has 1 saturated heterocycles. The molecular weight excluding hydrogens is 506 g/mol. The molecule has 3 heterocycles. The third kappa shape index (κ3) is 6.59. The van der Waals surface area contributed by atoms with Gasteiger partial charge in [-0.1, -0.05) is 45.0 Å². The number of furan rings is 1. The van der Waals surface area contributed by atoms with E-state index in [2.05, 4.69) is 80.3 Å². The predicted octanol–water partition coefficient (Wildman–Crippen LogP) is 8.11. The van der Waals surface area contributed by atoms with Crippen molar-refractivity contribution in [2.45, 2.75) is 56.8 Å². The van der Waals surface area contributed by atoms with Crippen LogP contribution in [0.1, 0.15) is 41.5 Å². The zero-order valence-corrected chi connectivity index (χ0v) is 24.5. The van der Waals surface area contributed by atoms with Gasteiger partial charge in [0.25, 0.3) is 0 Å². The number of rotatable bonds is 4. The Morgan fingerprint density at radius 2 is 1.62 bits per heavy atom. The maximum Gasteiger partial charge on any atom is 0.410 e. The van der Waals surface area contributed by atoms with Crippen LogP contribution < -0.4 is 4.90 Å². The predicted molar refractivity (Wildman–Crippen MR) is 161 cm³/mol. The van der Waals surface area contributed by atoms with Crippen LogP contribution in [0.15, 0.2) is 76.4 Å². The number of piperazine rings is 1. The average molecular weight is 544 g/mol. The summed E-state index contributed by atoms with van der Waals surface area (Å²) in [6.45, 7) is 15.2. The van der Waals surface area contributed by atoms with Crippen molar-refractivity contribution in [3.8, 4) is 22.3 Å². The molecule has 0 spiro atoms. The molecule has 0 aliphatic carbocycles. The molecule has 1 fully saturated rings. The first-order valence-electron chi connectivity index (χ1n) is 13.5. The SMILES string of the molecule is CC(C)(C)OC(=O)N1CCN(c2ccc(-c3cnc4c(-c5cccc(SC(C)(C)C)c5)coc4c3)cc2)CC1. The molecule has 7 heteroatoms. The molecule has 0 bridgehead atoms. The smallest absolute Gasteiger partial charge is 0.410 e. The number of hydrogen-bond donors (Lipinski definition) is 0. The minimum Gasteiger partial charge on any atom is -0.462 e. The number of fused-ring (bicyclic) bond motifs is 1. The highest BCUT2D eigenvalue weighted by Gasteiger charge is 2.26. The molecule has 0 N–H and O–H groups in total. The van der Waals surface area contributed by atoms with E-state index in [1.165, 1.54) is 4.90 Å². The number of pyridine rings is 1. The number of amides is 1. The largest absolute Gasteiger partial charge is 0.462 e. The number of hydrogen-bond acceptors (Lipinski definition) is 6. The van der Waals surface area contributed by atoms with Gasteiger partial charge in [0.05, 0.1) is 0 Å². The van der Waals surface area contributed by atoms with Crippen molar-refractivity contribution >= 4 is 34.6 Å². The van der Waals surface area contributed by atoms with Gasteiger partial charge in [0, 0.05) is 58.8 Å². The van der Waals surface area contributed by atoms with E-state index in [1.807, 2.05) is 45.0 Å². The van der Waals surface area contributed by atoms with Crippen molar-refractivity contribution < 1.29 is 13.9 Å². The third-order valence-electron chi connectivity index (χ3n) is 6.48. The Balaban J connectivity index is 1.28. The van der Waals surface area contributed by atoms with Gasteiger partial charge in [0.2, 0.25) is 0 Å². The first-order valence-corrected chi connectivity index (χ1v) is 14.3. The fraction of sp³-hybridized carbons (Fsp3) is 0.375. The molecule has 2 aromatic carbocycles. The van der Waals surface area contributed by atoms with Gasteiger partial charge < -0.3 is 19.0 Å². The molecule has 2 aromatic heterocycles. The van der Waals surface area contributed by atoms with E-state index in [9.17, 15) is 4.79 Å². The van der Waals surface area contributed by atoms with Gasteiger partial charge in [0.15, 0.2) is 5.58 Å². The molecule has 39 heavy (non-hydrogen) atoms. The van der Waals surface area contributed by atoms with Crippen molar-refractivity contribution in [2.24, 2.45) is 0 Å². The van der Waals surface area contributed by atoms with Crippen molar-refractivity contribution in [1.29, 1.82) is 0 Å². The van der Waals surface area contributed by atoms with E-state index >= 15 is 0 Å². The van der Waals surface area contributed by atoms with Gasteiger partial charge in [0.1, 0.15) is 17.4 Å². The summed E-state index contributed by atoms with van der Waals surface area (Å²) in [5.74, 6) is 0. The van der Waals surface area contributed by atoms with Crippen molar-refractivity contribution in [1.82, 2.24) is 9.88 Å². The van der Waals surface area contributed by atoms with E-state index in [0.717, 1.165) is 52.1 Å². The van der Waals surface area contributed by atoms with Crippen LogP contribution in [0, 0.1) is 0 Å². The normalized spacial score (nSPS) is 14.6. The second-order valence-corrected chi connectivity index (χ2v) is 13.9. The fourth-order valence-electron chi connectivity index (χ4n) is 4.70. The lowest BCUT2D eigenvalue weighted by Crippen LogP contribution is -2.50. The average Bonchev–Trinajstić information content (AvgIpc) is 3.30. The number of nitrogens with zero attached hydrogens (tertiary/aromatic N) is 3. The van der Waals surface area contributed by atoms with Crippen LogP contribution in [-0.2, 0) is 4.74 Å².